The monoisotopic (exact) mass is 731 g/mol. The molecule has 1 unspecified atom stereocenters. The molecule has 0 heterocycles. The van der Waals surface area contributed by atoms with Gasteiger partial charge in [-0.3, -0.25) is 4.74 Å². The molecule has 54 heavy (non-hydrogen) atoms. The van der Waals surface area contributed by atoms with E-state index in [0.717, 1.165) is 32.5 Å². The molecule has 6 rings (SSSR count). The Labute approximate surface area is 317 Å². The van der Waals surface area contributed by atoms with Gasteiger partial charge in [-0.15, -0.1) is 0 Å². The Kier molecular flexibility index (Phi) is 12.0. The fraction of sp³-hybridized carbons (Fsp3) is 0.289. The molecule has 0 aliphatic heterocycles. The van der Waals surface area contributed by atoms with Crippen LogP contribution in [0.25, 0.3) is 21.5 Å². The maximum absolute atomic E-state index is 7.07. The number of aryl methyl sites for hydroxylation is 2. The normalized spacial score (nSPS) is 12.6. The van der Waals surface area contributed by atoms with Gasteiger partial charge in [0.1, 0.15) is 22.5 Å². The van der Waals surface area contributed by atoms with Crippen LogP contribution in [0.15, 0.2) is 115 Å². The molecule has 282 valence electrons. The Morgan fingerprint density at radius 2 is 1.31 bits per heavy atom. The van der Waals surface area contributed by atoms with E-state index < -0.39 is 6.10 Å². The van der Waals surface area contributed by atoms with Crippen LogP contribution in [-0.4, -0.2) is 37.8 Å². The first-order chi connectivity index (χ1) is 26.1. The molecule has 0 radical (unpaired) electrons. The summed E-state index contributed by atoms with van der Waals surface area (Å²) in [5, 5.41) is 4.37. The summed E-state index contributed by atoms with van der Waals surface area (Å²) in [5.41, 5.74) is 1.79. The van der Waals surface area contributed by atoms with Gasteiger partial charge >= 0.3 is 6.10 Å². The fourth-order valence-corrected chi connectivity index (χ4v) is 6.06. The maximum Gasteiger partial charge on any atom is 0.514 e. The van der Waals surface area contributed by atoms with Crippen molar-refractivity contribution in [3.8, 4) is 40.2 Å². The van der Waals surface area contributed by atoms with Crippen molar-refractivity contribution < 1.29 is 38.1 Å². The van der Waals surface area contributed by atoms with Gasteiger partial charge in [-0.2, -0.15) is 0 Å². The van der Waals surface area contributed by atoms with Gasteiger partial charge in [0.25, 0.3) is 0 Å². The first kappa shape index (κ1) is 38.1. The largest absolute Gasteiger partial charge is 0.514 e. The standard InChI is InChI=1S/C45H49NO8/c1-9-48-42-33(7)41-38(25-17-27-40(41)47-8)43(44(42)50-31(4)5)54-46(53-36-23-15-18-32(6)28-36)45(49-29-30(2)3,51-35-21-11-10-12-22-35)52-39-26-16-20-34-19-13-14-24-37(34)39/h10-28,30-31H,9,29H2,1-8H3. The third-order valence-electron chi connectivity index (χ3n) is 8.41. The minimum absolute atomic E-state index is 0.0505. The van der Waals surface area contributed by atoms with Crippen LogP contribution in [0.3, 0.4) is 0 Å². The molecule has 0 saturated carbocycles. The van der Waals surface area contributed by atoms with Crippen LogP contribution in [-0.2, 0) is 4.74 Å². The van der Waals surface area contributed by atoms with Crippen LogP contribution < -0.4 is 33.4 Å². The van der Waals surface area contributed by atoms with Crippen molar-refractivity contribution in [1.82, 2.24) is 5.23 Å². The zero-order valence-electron chi connectivity index (χ0n) is 32.3. The topological polar surface area (TPSA) is 77.1 Å². The molecule has 0 amide bonds. The lowest BCUT2D eigenvalue weighted by molar-refractivity contribution is -0.507. The molecular formula is C45H49NO8. The van der Waals surface area contributed by atoms with E-state index in [1.807, 2.05) is 164 Å². The van der Waals surface area contributed by atoms with E-state index in [0.29, 0.717) is 46.5 Å². The molecule has 0 aromatic heterocycles. The van der Waals surface area contributed by atoms with E-state index in [-0.39, 0.29) is 24.4 Å². The predicted octanol–water partition coefficient (Wildman–Crippen LogP) is 10.8. The van der Waals surface area contributed by atoms with Crippen LogP contribution in [0.4, 0.5) is 0 Å². The molecule has 0 fully saturated rings. The van der Waals surface area contributed by atoms with Gasteiger partial charge in [0, 0.05) is 21.7 Å². The van der Waals surface area contributed by atoms with E-state index in [2.05, 4.69) is 0 Å². The van der Waals surface area contributed by atoms with Gasteiger partial charge in [0.05, 0.1) is 26.4 Å². The number of hydrogen-bond acceptors (Lipinski definition) is 9. The molecule has 0 bridgehead atoms. The Morgan fingerprint density at radius 1 is 0.648 bits per heavy atom. The highest BCUT2D eigenvalue weighted by molar-refractivity contribution is 6.00. The minimum Gasteiger partial charge on any atom is -0.496 e. The Bertz CT molecular complexity index is 2160. The van der Waals surface area contributed by atoms with E-state index in [9.17, 15) is 0 Å². The van der Waals surface area contributed by atoms with E-state index in [1.165, 1.54) is 0 Å². The van der Waals surface area contributed by atoms with Crippen molar-refractivity contribution in [1.29, 1.82) is 0 Å². The van der Waals surface area contributed by atoms with E-state index >= 15 is 0 Å². The highest BCUT2D eigenvalue weighted by atomic mass is 17.1. The summed E-state index contributed by atoms with van der Waals surface area (Å²) in [4.78, 5) is 13.8. The van der Waals surface area contributed by atoms with Gasteiger partial charge < -0.3 is 33.4 Å². The predicted molar refractivity (Wildman–Crippen MR) is 212 cm³/mol. The fourth-order valence-electron chi connectivity index (χ4n) is 6.06. The summed E-state index contributed by atoms with van der Waals surface area (Å²) in [7, 11) is 1.64. The second-order valence-corrected chi connectivity index (χ2v) is 13.6. The number of benzene rings is 6. The van der Waals surface area contributed by atoms with Gasteiger partial charge in [0.2, 0.25) is 11.5 Å². The Morgan fingerprint density at radius 3 is 2.04 bits per heavy atom. The molecule has 9 nitrogen and oxygen atoms in total. The number of nitrogens with zero attached hydrogens (tertiary/aromatic N) is 1. The van der Waals surface area contributed by atoms with Gasteiger partial charge in [-0.1, -0.05) is 92.7 Å². The Hall–Kier alpha value is -5.64. The highest BCUT2D eigenvalue weighted by Crippen LogP contribution is 2.50. The second kappa shape index (κ2) is 17.0. The lowest BCUT2D eigenvalue weighted by Crippen LogP contribution is -2.62. The zero-order chi connectivity index (χ0) is 38.2. The molecular weight excluding hydrogens is 682 g/mol. The Balaban J connectivity index is 1.67. The van der Waals surface area contributed by atoms with Crippen LogP contribution in [0.2, 0.25) is 0 Å². The first-order valence-corrected chi connectivity index (χ1v) is 18.3. The average Bonchev–Trinajstić information content (AvgIpc) is 3.16. The van der Waals surface area contributed by atoms with Crippen molar-refractivity contribution in [2.75, 3.05) is 20.3 Å². The molecule has 0 aliphatic rings. The molecule has 9 heteroatoms. The number of rotatable bonds is 17. The summed E-state index contributed by atoms with van der Waals surface area (Å²) in [6, 6.07) is 36.3. The molecule has 6 aromatic rings. The van der Waals surface area contributed by atoms with Crippen molar-refractivity contribution in [2.45, 2.75) is 60.7 Å². The summed E-state index contributed by atoms with van der Waals surface area (Å²) in [6.45, 7) is 14.4. The number of fused-ring (bicyclic) bond motifs is 2. The first-order valence-electron chi connectivity index (χ1n) is 18.3. The molecule has 6 aromatic carbocycles. The van der Waals surface area contributed by atoms with Gasteiger partial charge in [0.15, 0.2) is 11.5 Å². The van der Waals surface area contributed by atoms with E-state index in [1.54, 1.807) is 7.11 Å². The number of hydrogen-bond donors (Lipinski definition) is 0. The lowest BCUT2D eigenvalue weighted by atomic mass is 10.0. The zero-order valence-corrected chi connectivity index (χ0v) is 32.3. The lowest BCUT2D eigenvalue weighted by Gasteiger charge is -2.39. The molecule has 0 saturated heterocycles. The SMILES string of the molecule is CCOc1c(OC(C)C)c(ON(Oc2cccc(C)c2)C(OCC(C)C)(Oc2ccccc2)Oc2cccc3ccccc23)c2cccc(OC)c2c1C. The molecule has 1 atom stereocenters. The van der Waals surface area contributed by atoms with Crippen molar-refractivity contribution in [2.24, 2.45) is 5.92 Å². The number of ether oxygens (including phenoxy) is 6. The molecule has 0 aliphatic carbocycles. The summed E-state index contributed by atoms with van der Waals surface area (Å²) >= 11 is 0. The van der Waals surface area contributed by atoms with E-state index in [4.69, 9.17) is 38.1 Å². The molecule has 0 N–H and O–H groups in total. The van der Waals surface area contributed by atoms with Crippen LogP contribution in [0.1, 0.15) is 45.7 Å². The number of methoxy groups -OCH3 is 1. The van der Waals surface area contributed by atoms with Gasteiger partial charge in [-0.05, 0) is 87.9 Å². The van der Waals surface area contributed by atoms with Crippen LogP contribution in [0.5, 0.6) is 40.2 Å². The molecule has 0 spiro atoms. The summed E-state index contributed by atoms with van der Waals surface area (Å²) < 4.78 is 39.5. The summed E-state index contributed by atoms with van der Waals surface area (Å²) in [5.74, 6) is 3.17. The maximum atomic E-state index is 7.07. The average molecular weight is 732 g/mol. The smallest absolute Gasteiger partial charge is 0.496 e. The highest BCUT2D eigenvalue weighted by Gasteiger charge is 2.52. The number of para-hydroxylation sites is 1. The quantitative estimate of drug-likeness (QED) is 0.0673. The minimum atomic E-state index is -2.21. The second-order valence-electron chi connectivity index (χ2n) is 13.6. The summed E-state index contributed by atoms with van der Waals surface area (Å²) in [6.07, 6.45) is -2.47. The third kappa shape index (κ3) is 8.43. The van der Waals surface area contributed by atoms with Gasteiger partial charge in [-0.25, -0.2) is 0 Å². The number of hydroxylamine groups is 2. The van der Waals surface area contributed by atoms with Crippen LogP contribution in [0, 0.1) is 19.8 Å². The van der Waals surface area contributed by atoms with Crippen LogP contribution >= 0.6 is 0 Å². The van der Waals surface area contributed by atoms with Crippen molar-refractivity contribution in [3.05, 3.63) is 126 Å². The van der Waals surface area contributed by atoms with Crippen molar-refractivity contribution >= 4 is 21.5 Å². The van der Waals surface area contributed by atoms with Crippen molar-refractivity contribution in [3.63, 3.8) is 0 Å². The third-order valence-corrected chi connectivity index (χ3v) is 8.41.